The lowest BCUT2D eigenvalue weighted by Gasteiger charge is -2.32. The number of halogens is 1. The normalized spacial score (nSPS) is 12.1. The highest BCUT2D eigenvalue weighted by atomic mass is 35.5. The topological polar surface area (TPSA) is 96.0 Å². The minimum Gasteiger partial charge on any atom is -0.497 e. The first-order valence-corrected chi connectivity index (χ1v) is 13.9. The van der Waals surface area contributed by atoms with Crippen molar-refractivity contribution in [1.82, 2.24) is 10.2 Å². The average Bonchev–Trinajstić information content (AvgIpc) is 2.90. The largest absolute Gasteiger partial charge is 0.497 e. The Bertz CT molecular complexity index is 1350. The van der Waals surface area contributed by atoms with Gasteiger partial charge in [0, 0.05) is 12.6 Å². The van der Waals surface area contributed by atoms with Crippen LogP contribution in [0.15, 0.2) is 83.8 Å². The van der Waals surface area contributed by atoms with E-state index in [2.05, 4.69) is 5.32 Å². The Kier molecular flexibility index (Phi) is 9.77. The number of methoxy groups -OCH3 is 1. The van der Waals surface area contributed by atoms with Crippen LogP contribution in [0, 0.1) is 0 Å². The van der Waals surface area contributed by atoms with E-state index in [0.29, 0.717) is 5.75 Å². The minimum atomic E-state index is -4.17. The van der Waals surface area contributed by atoms with Crippen LogP contribution in [0.3, 0.4) is 0 Å². The van der Waals surface area contributed by atoms with Crippen LogP contribution < -0.4 is 14.4 Å². The Morgan fingerprint density at radius 1 is 0.921 bits per heavy atom. The highest BCUT2D eigenvalue weighted by Crippen LogP contribution is 2.30. The monoisotopic (exact) mass is 557 g/mol. The van der Waals surface area contributed by atoms with Gasteiger partial charge in [0.05, 0.1) is 22.7 Å². The molecule has 0 spiro atoms. The lowest BCUT2D eigenvalue weighted by atomic mass is 10.1. The first-order chi connectivity index (χ1) is 18.0. The number of nitrogens with zero attached hydrogens (tertiary/aromatic N) is 2. The minimum absolute atomic E-state index is 0.0139. The number of nitrogens with one attached hydrogen (secondary N) is 1. The van der Waals surface area contributed by atoms with Gasteiger partial charge in [-0.2, -0.15) is 0 Å². The molecule has 3 aromatic carbocycles. The number of hydrogen-bond acceptors (Lipinski definition) is 5. The predicted molar refractivity (Wildman–Crippen MR) is 149 cm³/mol. The molecule has 3 rings (SSSR count). The number of carbonyl (C=O) groups excluding carboxylic acids is 2. The maximum absolute atomic E-state index is 13.8. The van der Waals surface area contributed by atoms with E-state index in [1.165, 1.54) is 17.0 Å². The van der Waals surface area contributed by atoms with Crippen LogP contribution >= 0.6 is 11.6 Å². The fourth-order valence-corrected chi connectivity index (χ4v) is 5.54. The van der Waals surface area contributed by atoms with Gasteiger partial charge in [-0.15, -0.1) is 0 Å². The summed E-state index contributed by atoms with van der Waals surface area (Å²) in [6.07, 6.45) is 0. The molecule has 0 bridgehead atoms. The lowest BCUT2D eigenvalue weighted by Crippen LogP contribution is -2.52. The summed E-state index contributed by atoms with van der Waals surface area (Å²) in [4.78, 5) is 28.2. The number of amides is 2. The molecule has 38 heavy (non-hydrogen) atoms. The summed E-state index contributed by atoms with van der Waals surface area (Å²) in [6, 6.07) is 20.3. The summed E-state index contributed by atoms with van der Waals surface area (Å²) in [5.41, 5.74) is 0.911. The number of benzene rings is 3. The van der Waals surface area contributed by atoms with Gasteiger partial charge in [-0.1, -0.05) is 54.1 Å². The van der Waals surface area contributed by atoms with Crippen molar-refractivity contribution in [2.24, 2.45) is 0 Å². The fourth-order valence-electron chi connectivity index (χ4n) is 3.80. The molecule has 202 valence electrons. The van der Waals surface area contributed by atoms with E-state index in [1.807, 2.05) is 13.8 Å². The van der Waals surface area contributed by atoms with Crippen molar-refractivity contribution >= 4 is 39.1 Å². The van der Waals surface area contributed by atoms with Crippen molar-refractivity contribution in [2.75, 3.05) is 18.0 Å². The zero-order valence-corrected chi connectivity index (χ0v) is 23.4. The van der Waals surface area contributed by atoms with Gasteiger partial charge in [-0.05, 0) is 62.7 Å². The second-order valence-corrected chi connectivity index (χ2v) is 11.3. The summed E-state index contributed by atoms with van der Waals surface area (Å²) in [5.74, 6) is -0.264. The fraction of sp³-hybridized carbons (Fsp3) is 0.286. The molecule has 2 amide bonds. The molecular formula is C28H32ClN3O5S. The van der Waals surface area contributed by atoms with Crippen LogP contribution in [0.2, 0.25) is 5.02 Å². The summed E-state index contributed by atoms with van der Waals surface area (Å²) in [6.45, 7) is 4.79. The van der Waals surface area contributed by atoms with Crippen LogP contribution in [0.1, 0.15) is 26.3 Å². The molecule has 0 aliphatic rings. The molecule has 0 fully saturated rings. The third-order valence-electron chi connectivity index (χ3n) is 5.84. The third-order valence-corrected chi connectivity index (χ3v) is 7.93. The molecule has 3 aromatic rings. The highest BCUT2D eigenvalue weighted by molar-refractivity contribution is 7.92. The van der Waals surface area contributed by atoms with Crippen LogP contribution in [-0.4, -0.2) is 50.9 Å². The molecule has 0 aliphatic carbocycles. The zero-order chi connectivity index (χ0) is 27.9. The molecule has 10 heteroatoms. The Balaban J connectivity index is 2.02. The lowest BCUT2D eigenvalue weighted by molar-refractivity contribution is -0.139. The van der Waals surface area contributed by atoms with E-state index < -0.39 is 28.5 Å². The molecule has 1 N–H and O–H groups in total. The number of para-hydroxylation sites is 1. The maximum atomic E-state index is 13.8. The van der Waals surface area contributed by atoms with Gasteiger partial charge in [-0.25, -0.2) is 8.42 Å². The summed E-state index contributed by atoms with van der Waals surface area (Å²) in [5, 5.41) is 3.00. The predicted octanol–water partition coefficient (Wildman–Crippen LogP) is 4.49. The summed E-state index contributed by atoms with van der Waals surface area (Å²) >= 11 is 6.40. The number of ether oxygens (including phenoxy) is 1. The quantitative estimate of drug-likeness (QED) is 0.375. The number of sulfonamides is 1. The van der Waals surface area contributed by atoms with E-state index in [4.69, 9.17) is 16.3 Å². The van der Waals surface area contributed by atoms with Gasteiger partial charge in [0.2, 0.25) is 11.8 Å². The van der Waals surface area contributed by atoms with Gasteiger partial charge in [0.25, 0.3) is 10.0 Å². The van der Waals surface area contributed by atoms with Crippen molar-refractivity contribution in [3.05, 3.63) is 89.4 Å². The van der Waals surface area contributed by atoms with Gasteiger partial charge < -0.3 is 15.0 Å². The maximum Gasteiger partial charge on any atom is 0.264 e. The van der Waals surface area contributed by atoms with E-state index in [-0.39, 0.29) is 34.1 Å². The van der Waals surface area contributed by atoms with Crippen molar-refractivity contribution in [3.63, 3.8) is 0 Å². The third kappa shape index (κ3) is 7.05. The van der Waals surface area contributed by atoms with Crippen LogP contribution in [-0.2, 0) is 26.2 Å². The van der Waals surface area contributed by atoms with Crippen molar-refractivity contribution in [2.45, 2.75) is 44.3 Å². The van der Waals surface area contributed by atoms with Gasteiger partial charge in [0.1, 0.15) is 18.3 Å². The van der Waals surface area contributed by atoms with E-state index in [1.54, 1.807) is 80.8 Å². The Morgan fingerprint density at radius 3 is 2.11 bits per heavy atom. The molecule has 0 saturated carbocycles. The Hall–Kier alpha value is -3.56. The molecule has 0 aliphatic heterocycles. The second-order valence-electron chi connectivity index (χ2n) is 8.99. The number of anilines is 1. The molecule has 1 atom stereocenters. The molecule has 0 radical (unpaired) electrons. The van der Waals surface area contributed by atoms with Gasteiger partial charge in [-0.3, -0.25) is 13.9 Å². The molecule has 0 heterocycles. The number of rotatable bonds is 11. The highest BCUT2D eigenvalue weighted by Gasteiger charge is 2.33. The van der Waals surface area contributed by atoms with Crippen LogP contribution in [0.25, 0.3) is 0 Å². The first kappa shape index (κ1) is 29.0. The Labute approximate surface area is 229 Å². The van der Waals surface area contributed by atoms with Crippen LogP contribution in [0.4, 0.5) is 5.69 Å². The van der Waals surface area contributed by atoms with Crippen LogP contribution in [0.5, 0.6) is 5.75 Å². The first-order valence-electron chi connectivity index (χ1n) is 12.1. The van der Waals surface area contributed by atoms with E-state index >= 15 is 0 Å². The SMILES string of the molecule is COc1ccc(CN(C(=O)CN(c2ccccc2Cl)S(=O)(=O)c2ccccc2)[C@H](C)C(=O)NC(C)C)cc1. The standard InChI is InChI=1S/C28H32ClN3O5S/c1-20(2)30-28(34)21(3)31(18-22-14-16-23(37-4)17-15-22)27(33)19-32(26-13-9-8-12-25(26)29)38(35,36)24-10-6-5-7-11-24/h5-17,20-21H,18-19H2,1-4H3,(H,30,34)/t21-/m1/s1. The van der Waals surface area contributed by atoms with Crippen molar-refractivity contribution in [3.8, 4) is 5.75 Å². The molecular weight excluding hydrogens is 526 g/mol. The number of carbonyl (C=O) groups is 2. The smallest absolute Gasteiger partial charge is 0.264 e. The van der Waals surface area contributed by atoms with Crippen molar-refractivity contribution in [1.29, 1.82) is 0 Å². The average molecular weight is 558 g/mol. The van der Waals surface area contributed by atoms with E-state index in [0.717, 1.165) is 9.87 Å². The van der Waals surface area contributed by atoms with Gasteiger partial charge >= 0.3 is 0 Å². The Morgan fingerprint density at radius 2 is 1.53 bits per heavy atom. The zero-order valence-electron chi connectivity index (χ0n) is 21.8. The second kappa shape index (κ2) is 12.8. The summed E-state index contributed by atoms with van der Waals surface area (Å²) < 4.78 is 33.6. The number of hydrogen-bond donors (Lipinski definition) is 1. The van der Waals surface area contributed by atoms with E-state index in [9.17, 15) is 18.0 Å². The molecule has 0 unspecified atom stereocenters. The summed E-state index contributed by atoms with van der Waals surface area (Å²) in [7, 11) is -2.61. The van der Waals surface area contributed by atoms with Gasteiger partial charge in [0.15, 0.2) is 0 Å². The molecule has 0 saturated heterocycles. The molecule has 8 nitrogen and oxygen atoms in total. The molecule has 0 aromatic heterocycles. The van der Waals surface area contributed by atoms with Crippen molar-refractivity contribution < 1.29 is 22.7 Å².